The van der Waals surface area contributed by atoms with Crippen molar-refractivity contribution in [2.45, 2.75) is 5.92 Å². The predicted octanol–water partition coefficient (Wildman–Crippen LogP) is 5.92. The SMILES string of the molecule is COc1ccc(C(=O)Oc2ccc3c(c2)OC(N)=C(C#N)C3c2cccc(Oc3ccccc3)c2)cc1. The molecular weight excluding hydrogens is 468 g/mol. The highest BCUT2D eigenvalue weighted by Gasteiger charge is 2.31. The molecule has 2 N–H and O–H groups in total. The lowest BCUT2D eigenvalue weighted by atomic mass is 9.83. The molecule has 0 aliphatic carbocycles. The number of para-hydroxylation sites is 1. The van der Waals surface area contributed by atoms with Crippen LogP contribution in [0.2, 0.25) is 0 Å². The first-order valence-corrected chi connectivity index (χ1v) is 11.5. The first kappa shape index (κ1) is 23.5. The lowest BCUT2D eigenvalue weighted by Crippen LogP contribution is -2.21. The van der Waals surface area contributed by atoms with E-state index in [1.54, 1.807) is 49.6 Å². The molecule has 4 aromatic carbocycles. The van der Waals surface area contributed by atoms with E-state index in [1.807, 2.05) is 54.6 Å². The van der Waals surface area contributed by atoms with Crippen LogP contribution in [0.5, 0.6) is 28.7 Å². The van der Waals surface area contributed by atoms with E-state index in [0.29, 0.717) is 34.1 Å². The highest BCUT2D eigenvalue weighted by molar-refractivity contribution is 5.91. The summed E-state index contributed by atoms with van der Waals surface area (Å²) in [5.74, 6) is 1.63. The number of nitriles is 1. The fourth-order valence-electron chi connectivity index (χ4n) is 4.12. The third kappa shape index (κ3) is 4.95. The summed E-state index contributed by atoms with van der Waals surface area (Å²) in [6.45, 7) is 0. The Balaban J connectivity index is 1.45. The minimum Gasteiger partial charge on any atom is -0.497 e. The van der Waals surface area contributed by atoms with Gasteiger partial charge in [-0.15, -0.1) is 0 Å². The van der Waals surface area contributed by atoms with Crippen molar-refractivity contribution in [1.82, 2.24) is 0 Å². The Morgan fingerprint density at radius 1 is 0.865 bits per heavy atom. The van der Waals surface area contributed by atoms with Crippen LogP contribution >= 0.6 is 0 Å². The molecule has 1 atom stereocenters. The van der Waals surface area contributed by atoms with Gasteiger partial charge in [0.25, 0.3) is 0 Å². The van der Waals surface area contributed by atoms with E-state index in [0.717, 1.165) is 5.56 Å². The normalized spacial score (nSPS) is 14.1. The molecule has 0 spiro atoms. The van der Waals surface area contributed by atoms with Crippen LogP contribution < -0.4 is 24.7 Å². The smallest absolute Gasteiger partial charge is 0.343 e. The predicted molar refractivity (Wildman–Crippen MR) is 137 cm³/mol. The Bertz CT molecular complexity index is 1520. The maximum atomic E-state index is 12.6. The van der Waals surface area contributed by atoms with Crippen molar-refractivity contribution >= 4 is 5.97 Å². The van der Waals surface area contributed by atoms with Crippen molar-refractivity contribution < 1.29 is 23.7 Å². The summed E-state index contributed by atoms with van der Waals surface area (Å²) in [5, 5.41) is 9.88. The van der Waals surface area contributed by atoms with Gasteiger partial charge in [0.1, 0.15) is 40.4 Å². The van der Waals surface area contributed by atoms with Crippen LogP contribution in [0.3, 0.4) is 0 Å². The van der Waals surface area contributed by atoms with E-state index in [1.165, 1.54) is 0 Å². The van der Waals surface area contributed by atoms with Gasteiger partial charge < -0.3 is 24.7 Å². The number of esters is 1. The van der Waals surface area contributed by atoms with Gasteiger partial charge in [-0.2, -0.15) is 5.26 Å². The largest absolute Gasteiger partial charge is 0.497 e. The number of nitrogens with two attached hydrogens (primary N) is 1. The van der Waals surface area contributed by atoms with E-state index < -0.39 is 11.9 Å². The quantitative estimate of drug-likeness (QED) is 0.264. The molecule has 1 aliphatic heterocycles. The first-order chi connectivity index (χ1) is 18.1. The van der Waals surface area contributed by atoms with Crippen LogP contribution in [0.15, 0.2) is 109 Å². The Kier molecular flexibility index (Phi) is 6.47. The number of carbonyl (C=O) groups is 1. The number of rotatable bonds is 6. The molecule has 182 valence electrons. The Morgan fingerprint density at radius 3 is 2.32 bits per heavy atom. The molecule has 0 saturated carbocycles. The molecule has 5 rings (SSSR count). The summed E-state index contributed by atoms with van der Waals surface area (Å²) in [6, 6.07) is 30.7. The number of methoxy groups -OCH3 is 1. The monoisotopic (exact) mass is 490 g/mol. The van der Waals surface area contributed by atoms with Crippen molar-refractivity contribution in [3.05, 3.63) is 125 Å². The fourth-order valence-corrected chi connectivity index (χ4v) is 4.12. The van der Waals surface area contributed by atoms with Crippen molar-refractivity contribution in [3.8, 4) is 34.8 Å². The number of nitrogens with zero attached hydrogens (tertiary/aromatic N) is 1. The van der Waals surface area contributed by atoms with Gasteiger partial charge in [-0.3, -0.25) is 0 Å². The van der Waals surface area contributed by atoms with Crippen molar-refractivity contribution in [2.24, 2.45) is 5.73 Å². The minimum absolute atomic E-state index is 0.00647. The van der Waals surface area contributed by atoms with Gasteiger partial charge in [-0.1, -0.05) is 36.4 Å². The average Bonchev–Trinajstić information content (AvgIpc) is 2.93. The van der Waals surface area contributed by atoms with Gasteiger partial charge in [0, 0.05) is 11.6 Å². The molecular formula is C30H22N2O5. The molecule has 37 heavy (non-hydrogen) atoms. The van der Waals surface area contributed by atoms with Crippen molar-refractivity contribution in [2.75, 3.05) is 7.11 Å². The molecule has 7 heteroatoms. The minimum atomic E-state index is -0.526. The third-order valence-electron chi connectivity index (χ3n) is 5.90. The summed E-state index contributed by atoms with van der Waals surface area (Å²) < 4.78 is 22.4. The second-order valence-electron chi connectivity index (χ2n) is 8.23. The van der Waals surface area contributed by atoms with Crippen molar-refractivity contribution in [3.63, 3.8) is 0 Å². The van der Waals surface area contributed by atoms with Gasteiger partial charge in [-0.25, -0.2) is 4.79 Å². The number of hydrogen-bond acceptors (Lipinski definition) is 7. The van der Waals surface area contributed by atoms with Gasteiger partial charge >= 0.3 is 5.97 Å². The Morgan fingerprint density at radius 2 is 1.59 bits per heavy atom. The van der Waals surface area contributed by atoms with E-state index in [4.69, 9.17) is 24.7 Å². The van der Waals surface area contributed by atoms with Gasteiger partial charge in [0.2, 0.25) is 5.88 Å². The summed E-state index contributed by atoms with van der Waals surface area (Å²) in [6.07, 6.45) is 0. The molecule has 0 radical (unpaired) electrons. The van der Waals surface area contributed by atoms with Crippen LogP contribution in [0.25, 0.3) is 0 Å². The maximum absolute atomic E-state index is 12.6. The molecule has 1 unspecified atom stereocenters. The van der Waals surface area contributed by atoms with Crippen LogP contribution in [0.1, 0.15) is 27.4 Å². The highest BCUT2D eigenvalue weighted by atomic mass is 16.5. The Hall–Kier alpha value is -5.22. The number of ether oxygens (including phenoxy) is 4. The zero-order chi connectivity index (χ0) is 25.8. The lowest BCUT2D eigenvalue weighted by molar-refractivity contribution is 0.0734. The molecule has 7 nitrogen and oxygen atoms in total. The molecule has 1 heterocycles. The number of hydrogen-bond donors (Lipinski definition) is 1. The van der Waals surface area contributed by atoms with Crippen LogP contribution in [-0.2, 0) is 0 Å². The zero-order valence-electron chi connectivity index (χ0n) is 19.9. The molecule has 0 saturated heterocycles. The summed E-state index contributed by atoms with van der Waals surface area (Å²) in [7, 11) is 1.55. The number of allylic oxidation sites excluding steroid dienone is 1. The fraction of sp³-hybridized carbons (Fsp3) is 0.0667. The average molecular weight is 491 g/mol. The van der Waals surface area contributed by atoms with Gasteiger partial charge in [0.15, 0.2) is 0 Å². The van der Waals surface area contributed by atoms with E-state index in [2.05, 4.69) is 6.07 Å². The van der Waals surface area contributed by atoms with E-state index in [-0.39, 0.29) is 17.2 Å². The summed E-state index contributed by atoms with van der Waals surface area (Å²) in [5.41, 5.74) is 8.33. The Labute approximate surface area is 213 Å². The highest BCUT2D eigenvalue weighted by Crippen LogP contribution is 2.44. The summed E-state index contributed by atoms with van der Waals surface area (Å²) >= 11 is 0. The molecule has 4 aromatic rings. The topological polar surface area (TPSA) is 104 Å². The molecule has 0 amide bonds. The summed E-state index contributed by atoms with van der Waals surface area (Å²) in [4.78, 5) is 12.6. The second kappa shape index (κ2) is 10.2. The zero-order valence-corrected chi connectivity index (χ0v) is 19.9. The third-order valence-corrected chi connectivity index (χ3v) is 5.90. The van der Waals surface area contributed by atoms with Crippen LogP contribution in [0.4, 0.5) is 0 Å². The first-order valence-electron chi connectivity index (χ1n) is 11.5. The number of benzene rings is 4. The second-order valence-corrected chi connectivity index (χ2v) is 8.23. The van der Waals surface area contributed by atoms with E-state index >= 15 is 0 Å². The maximum Gasteiger partial charge on any atom is 0.343 e. The number of fused-ring (bicyclic) bond motifs is 1. The molecule has 1 aliphatic rings. The van der Waals surface area contributed by atoms with Crippen molar-refractivity contribution in [1.29, 1.82) is 5.26 Å². The number of carbonyl (C=O) groups excluding carboxylic acids is 1. The molecule has 0 bridgehead atoms. The molecule has 0 fully saturated rings. The van der Waals surface area contributed by atoms with Crippen LogP contribution in [0, 0.1) is 11.3 Å². The standard InChI is InChI=1S/C30H22N2O5/c1-34-21-12-10-19(11-13-21)30(33)36-24-14-15-25-27(17-24)37-29(32)26(18-31)28(25)20-6-5-9-23(16-20)35-22-7-3-2-4-8-22/h2-17,28H,32H2,1H3. The van der Waals surface area contributed by atoms with Gasteiger partial charge in [-0.05, 0) is 60.2 Å². The molecule has 0 aromatic heterocycles. The van der Waals surface area contributed by atoms with E-state index in [9.17, 15) is 10.1 Å². The lowest BCUT2D eigenvalue weighted by Gasteiger charge is -2.27. The van der Waals surface area contributed by atoms with Gasteiger partial charge in [0.05, 0.1) is 18.6 Å². The van der Waals surface area contributed by atoms with Crippen LogP contribution in [-0.4, -0.2) is 13.1 Å².